The van der Waals surface area contributed by atoms with Gasteiger partial charge in [-0.3, -0.25) is 9.59 Å². The molecule has 0 aliphatic rings. The van der Waals surface area contributed by atoms with Crippen LogP contribution in [0.5, 0.6) is 11.5 Å². The van der Waals surface area contributed by atoms with Gasteiger partial charge in [-0.05, 0) is 48.8 Å². The summed E-state index contributed by atoms with van der Waals surface area (Å²) >= 11 is 0. The van der Waals surface area contributed by atoms with Gasteiger partial charge in [0.15, 0.2) is 11.5 Å². The molecular formula is C27H41NO10. The molecule has 1 aromatic rings. The molecule has 0 spiro atoms. The highest BCUT2D eigenvalue weighted by Crippen LogP contribution is 2.30. The summed E-state index contributed by atoms with van der Waals surface area (Å²) in [5, 5.41) is 0. The maximum absolute atomic E-state index is 12.5. The Labute approximate surface area is 224 Å². The molecule has 0 saturated carbocycles. The van der Waals surface area contributed by atoms with E-state index < -0.39 is 42.5 Å². The lowest BCUT2D eigenvalue weighted by Gasteiger charge is -2.22. The van der Waals surface area contributed by atoms with Crippen LogP contribution in [0.15, 0.2) is 18.2 Å². The molecule has 0 bridgehead atoms. The van der Waals surface area contributed by atoms with Crippen molar-refractivity contribution in [1.29, 1.82) is 0 Å². The van der Waals surface area contributed by atoms with E-state index in [-0.39, 0.29) is 42.0 Å². The average Bonchev–Trinajstić information content (AvgIpc) is 2.76. The molecule has 1 unspecified atom stereocenters. The third kappa shape index (κ3) is 13.3. The van der Waals surface area contributed by atoms with Crippen molar-refractivity contribution in [3.05, 3.63) is 23.8 Å². The van der Waals surface area contributed by atoms with Crippen LogP contribution in [0, 0.1) is 10.8 Å². The van der Waals surface area contributed by atoms with Gasteiger partial charge in [0.2, 0.25) is 0 Å². The van der Waals surface area contributed by atoms with Crippen LogP contribution in [0.4, 0.5) is 9.59 Å². The molecule has 0 saturated heterocycles. The quantitative estimate of drug-likeness (QED) is 0.253. The highest BCUT2D eigenvalue weighted by molar-refractivity contribution is 5.76. The van der Waals surface area contributed by atoms with Gasteiger partial charge in [-0.2, -0.15) is 0 Å². The summed E-state index contributed by atoms with van der Waals surface area (Å²) in [5.74, 6) is -1.41. The lowest BCUT2D eigenvalue weighted by atomic mass is 9.99. The maximum Gasteiger partial charge on any atom is 0.513 e. The second kappa shape index (κ2) is 14.0. The number of hydrogen-bond donors (Lipinski definition) is 1. The van der Waals surface area contributed by atoms with Gasteiger partial charge in [0.25, 0.3) is 0 Å². The van der Waals surface area contributed by atoms with Crippen molar-refractivity contribution in [2.45, 2.75) is 87.0 Å². The van der Waals surface area contributed by atoms with E-state index in [1.807, 2.05) is 41.5 Å². The van der Waals surface area contributed by atoms with Crippen LogP contribution in [0.2, 0.25) is 0 Å². The van der Waals surface area contributed by atoms with E-state index in [0.717, 1.165) is 0 Å². The standard InChI is InChI=1S/C27H41NO10/c1-16(35-18(3)29)17(2)36-23(30)20(28)12-19-10-11-21(37-24(31)33-14-26(4,5)6)22(13-19)38-25(32)34-15-27(7,8)9/h10-11,13,16-17,20H,12,14-15,28H2,1-9H3/t16?,17-,20-/m0/s1. The fourth-order valence-corrected chi connectivity index (χ4v) is 2.69. The van der Waals surface area contributed by atoms with E-state index in [4.69, 9.17) is 34.2 Å². The van der Waals surface area contributed by atoms with Crippen LogP contribution in [0.3, 0.4) is 0 Å². The van der Waals surface area contributed by atoms with E-state index in [1.165, 1.54) is 19.1 Å². The van der Waals surface area contributed by atoms with Gasteiger partial charge < -0.3 is 34.2 Å². The smallest absolute Gasteiger partial charge is 0.459 e. The molecular weight excluding hydrogens is 498 g/mol. The Morgan fingerprint density at radius 1 is 0.789 bits per heavy atom. The van der Waals surface area contributed by atoms with Crippen LogP contribution >= 0.6 is 0 Å². The van der Waals surface area contributed by atoms with Gasteiger partial charge in [-0.1, -0.05) is 47.6 Å². The summed E-state index contributed by atoms with van der Waals surface area (Å²) in [6.45, 7) is 16.0. The molecule has 0 aliphatic carbocycles. The minimum Gasteiger partial charge on any atom is -0.459 e. The van der Waals surface area contributed by atoms with E-state index in [2.05, 4.69) is 0 Å². The minimum atomic E-state index is -1.08. The lowest BCUT2D eigenvalue weighted by Crippen LogP contribution is -2.39. The molecule has 0 aliphatic heterocycles. The van der Waals surface area contributed by atoms with Gasteiger partial charge in [0.05, 0.1) is 13.2 Å². The van der Waals surface area contributed by atoms with E-state index in [0.29, 0.717) is 5.56 Å². The molecule has 0 amide bonds. The number of rotatable bonds is 10. The minimum absolute atomic E-state index is 0.00957. The molecule has 1 rings (SSSR count). The predicted octanol–water partition coefficient (Wildman–Crippen LogP) is 4.56. The molecule has 0 heterocycles. The molecule has 3 atom stereocenters. The van der Waals surface area contributed by atoms with Crippen molar-refractivity contribution in [3.8, 4) is 11.5 Å². The molecule has 1 aromatic carbocycles. The van der Waals surface area contributed by atoms with Gasteiger partial charge in [-0.25, -0.2) is 9.59 Å². The lowest BCUT2D eigenvalue weighted by molar-refractivity contribution is -0.164. The van der Waals surface area contributed by atoms with E-state index in [1.54, 1.807) is 19.9 Å². The summed E-state index contributed by atoms with van der Waals surface area (Å²) in [6, 6.07) is 3.27. The number of carbonyl (C=O) groups is 4. The van der Waals surface area contributed by atoms with Crippen molar-refractivity contribution in [2.75, 3.05) is 13.2 Å². The third-order valence-electron chi connectivity index (χ3n) is 4.71. The first-order chi connectivity index (χ1) is 17.4. The Morgan fingerprint density at radius 3 is 1.74 bits per heavy atom. The summed E-state index contributed by atoms with van der Waals surface area (Å²) in [4.78, 5) is 48.1. The summed E-state index contributed by atoms with van der Waals surface area (Å²) < 4.78 is 31.1. The zero-order valence-electron chi connectivity index (χ0n) is 23.7. The monoisotopic (exact) mass is 539 g/mol. The molecule has 11 heteroatoms. The van der Waals surface area contributed by atoms with Crippen molar-refractivity contribution in [2.24, 2.45) is 16.6 Å². The van der Waals surface area contributed by atoms with E-state index >= 15 is 0 Å². The Morgan fingerprint density at radius 2 is 1.26 bits per heavy atom. The number of nitrogens with two attached hydrogens (primary N) is 1. The second-order valence-corrected chi connectivity index (χ2v) is 11.5. The maximum atomic E-state index is 12.5. The Hall–Kier alpha value is -3.34. The van der Waals surface area contributed by atoms with Crippen LogP contribution in [-0.4, -0.2) is 55.7 Å². The SMILES string of the molecule is CC(=O)OC(C)[C@H](C)OC(=O)[C@@H](N)Cc1ccc(OC(=O)OCC(C)(C)C)c(OC(=O)OCC(C)(C)C)c1. The normalized spacial score (nSPS) is 13.9. The largest absolute Gasteiger partial charge is 0.513 e. The highest BCUT2D eigenvalue weighted by atomic mass is 16.7. The molecule has 0 fully saturated rings. The summed E-state index contributed by atoms with van der Waals surface area (Å²) in [5.41, 5.74) is 5.94. The van der Waals surface area contributed by atoms with Crippen molar-refractivity contribution >= 4 is 24.2 Å². The second-order valence-electron chi connectivity index (χ2n) is 11.5. The first kappa shape index (κ1) is 32.7. The summed E-state index contributed by atoms with van der Waals surface area (Å²) in [6.07, 6.45) is -3.34. The number of benzene rings is 1. The van der Waals surface area contributed by atoms with Gasteiger partial charge >= 0.3 is 24.2 Å². The predicted molar refractivity (Wildman–Crippen MR) is 138 cm³/mol. The Bertz CT molecular complexity index is 977. The zero-order valence-corrected chi connectivity index (χ0v) is 23.7. The van der Waals surface area contributed by atoms with Crippen LogP contribution < -0.4 is 15.2 Å². The number of hydrogen-bond acceptors (Lipinski definition) is 11. The van der Waals surface area contributed by atoms with Crippen molar-refractivity contribution in [3.63, 3.8) is 0 Å². The molecule has 38 heavy (non-hydrogen) atoms. The highest BCUT2D eigenvalue weighted by Gasteiger charge is 2.25. The van der Waals surface area contributed by atoms with Crippen LogP contribution in [0.25, 0.3) is 0 Å². The third-order valence-corrected chi connectivity index (χ3v) is 4.71. The van der Waals surface area contributed by atoms with Crippen LogP contribution in [0.1, 0.15) is 67.9 Å². The zero-order chi connectivity index (χ0) is 29.3. The molecule has 214 valence electrons. The molecule has 11 nitrogen and oxygen atoms in total. The van der Waals surface area contributed by atoms with Crippen LogP contribution in [-0.2, 0) is 35.0 Å². The number of ether oxygens (including phenoxy) is 6. The Kier molecular flexibility index (Phi) is 12.0. The van der Waals surface area contributed by atoms with Gasteiger partial charge in [0, 0.05) is 6.92 Å². The van der Waals surface area contributed by atoms with Crippen molar-refractivity contribution in [1.82, 2.24) is 0 Å². The number of esters is 2. The first-order valence-corrected chi connectivity index (χ1v) is 12.3. The topological polar surface area (TPSA) is 150 Å². The molecule has 2 N–H and O–H groups in total. The van der Waals surface area contributed by atoms with Crippen molar-refractivity contribution < 1.29 is 47.6 Å². The first-order valence-electron chi connectivity index (χ1n) is 12.3. The fraction of sp³-hybridized carbons (Fsp3) is 0.630. The molecule has 0 radical (unpaired) electrons. The number of carbonyl (C=O) groups excluding carboxylic acids is 4. The molecule has 0 aromatic heterocycles. The van der Waals surface area contributed by atoms with E-state index in [9.17, 15) is 19.2 Å². The Balaban J connectivity index is 3.01. The summed E-state index contributed by atoms with van der Waals surface area (Å²) in [7, 11) is 0. The average molecular weight is 540 g/mol. The van der Waals surface area contributed by atoms with Gasteiger partial charge in [-0.15, -0.1) is 0 Å². The fourth-order valence-electron chi connectivity index (χ4n) is 2.69. The van der Waals surface area contributed by atoms with Gasteiger partial charge in [0.1, 0.15) is 18.2 Å².